The Balaban J connectivity index is 1.79. The largest absolute Gasteiger partial charge is 0.497 e. The molecule has 0 unspecified atom stereocenters. The molecule has 0 aliphatic heterocycles. The van der Waals surface area contributed by atoms with Gasteiger partial charge in [0.05, 0.1) is 26.7 Å². The van der Waals surface area contributed by atoms with Gasteiger partial charge in [-0.1, -0.05) is 0 Å². The van der Waals surface area contributed by atoms with Gasteiger partial charge in [-0.2, -0.15) is 0 Å². The molecule has 0 saturated heterocycles. The average molecular weight is 375 g/mol. The van der Waals surface area contributed by atoms with Crippen LogP contribution in [-0.2, 0) is 16.1 Å². The standard InChI is InChI=1S/C19H25N3O3S/c1-14-9-10-26-17(14)11-22(3)19(24)13-21(2)12-18(23)20-15-5-7-16(25-4)8-6-15/h5-10H,11-13H2,1-4H3,(H,20,23). The fraction of sp³-hybridized carbons (Fsp3) is 0.368. The molecule has 140 valence electrons. The second-order valence-electron chi connectivity index (χ2n) is 6.23. The Morgan fingerprint density at radius 3 is 2.38 bits per heavy atom. The van der Waals surface area contributed by atoms with Gasteiger partial charge in [-0.05, 0) is 55.2 Å². The SMILES string of the molecule is COc1ccc(NC(=O)CN(C)CC(=O)N(C)Cc2sccc2C)cc1. The first-order valence-electron chi connectivity index (χ1n) is 8.28. The highest BCUT2D eigenvalue weighted by atomic mass is 32.1. The number of nitrogens with one attached hydrogen (secondary N) is 1. The second kappa shape index (κ2) is 9.35. The number of aryl methyl sites for hydroxylation is 1. The lowest BCUT2D eigenvalue weighted by Crippen LogP contribution is -2.39. The zero-order chi connectivity index (χ0) is 19.1. The van der Waals surface area contributed by atoms with E-state index in [9.17, 15) is 9.59 Å². The molecular weight excluding hydrogens is 350 g/mol. The predicted octanol–water partition coefficient (Wildman–Crippen LogP) is 2.59. The number of nitrogens with zero attached hydrogens (tertiary/aromatic N) is 2. The lowest BCUT2D eigenvalue weighted by atomic mass is 10.3. The molecule has 26 heavy (non-hydrogen) atoms. The number of ether oxygens (including phenoxy) is 1. The molecule has 0 aliphatic rings. The summed E-state index contributed by atoms with van der Waals surface area (Å²) in [5.74, 6) is 0.550. The Kier molecular flexibility index (Phi) is 7.17. The summed E-state index contributed by atoms with van der Waals surface area (Å²) in [4.78, 5) is 29.0. The number of carbonyl (C=O) groups is 2. The van der Waals surface area contributed by atoms with Crippen LogP contribution in [0.25, 0.3) is 0 Å². The van der Waals surface area contributed by atoms with Gasteiger partial charge in [-0.3, -0.25) is 14.5 Å². The van der Waals surface area contributed by atoms with Crippen molar-refractivity contribution in [1.82, 2.24) is 9.80 Å². The molecule has 2 amide bonds. The molecule has 1 N–H and O–H groups in total. The minimum Gasteiger partial charge on any atom is -0.497 e. The van der Waals surface area contributed by atoms with Crippen LogP contribution in [0.2, 0.25) is 0 Å². The summed E-state index contributed by atoms with van der Waals surface area (Å²) in [5.41, 5.74) is 1.89. The van der Waals surface area contributed by atoms with E-state index >= 15 is 0 Å². The number of hydrogen-bond acceptors (Lipinski definition) is 5. The second-order valence-corrected chi connectivity index (χ2v) is 7.23. The van der Waals surface area contributed by atoms with Crippen LogP contribution in [0.4, 0.5) is 5.69 Å². The Labute approximate surface area is 158 Å². The van der Waals surface area contributed by atoms with E-state index in [1.165, 1.54) is 10.4 Å². The van der Waals surface area contributed by atoms with Crippen LogP contribution in [0.15, 0.2) is 35.7 Å². The molecule has 0 saturated carbocycles. The number of rotatable bonds is 8. The number of thiophene rings is 1. The van der Waals surface area contributed by atoms with Crippen LogP contribution >= 0.6 is 11.3 Å². The summed E-state index contributed by atoms with van der Waals surface area (Å²) in [5, 5.41) is 4.84. The van der Waals surface area contributed by atoms with E-state index in [0.29, 0.717) is 12.2 Å². The van der Waals surface area contributed by atoms with Crippen molar-refractivity contribution in [1.29, 1.82) is 0 Å². The van der Waals surface area contributed by atoms with Gasteiger partial charge >= 0.3 is 0 Å². The van der Waals surface area contributed by atoms with Crippen molar-refractivity contribution in [3.05, 3.63) is 46.2 Å². The minimum atomic E-state index is -0.165. The third-order valence-electron chi connectivity index (χ3n) is 3.97. The molecule has 0 atom stereocenters. The zero-order valence-corrected chi connectivity index (χ0v) is 16.4. The van der Waals surface area contributed by atoms with Gasteiger partial charge in [-0.25, -0.2) is 0 Å². The maximum atomic E-state index is 12.3. The molecule has 0 radical (unpaired) electrons. The van der Waals surface area contributed by atoms with Crippen molar-refractivity contribution in [2.75, 3.05) is 39.6 Å². The Hall–Kier alpha value is -2.38. The molecule has 2 rings (SSSR count). The van der Waals surface area contributed by atoms with Crippen LogP contribution < -0.4 is 10.1 Å². The van der Waals surface area contributed by atoms with Gasteiger partial charge in [0.2, 0.25) is 11.8 Å². The minimum absolute atomic E-state index is 0.0162. The van der Waals surface area contributed by atoms with Gasteiger partial charge in [0.15, 0.2) is 0 Å². The van der Waals surface area contributed by atoms with Gasteiger partial charge in [-0.15, -0.1) is 11.3 Å². The lowest BCUT2D eigenvalue weighted by Gasteiger charge is -2.21. The summed E-state index contributed by atoms with van der Waals surface area (Å²) in [6, 6.07) is 9.17. The van der Waals surface area contributed by atoms with Crippen molar-refractivity contribution >= 4 is 28.8 Å². The summed E-state index contributed by atoms with van der Waals surface area (Å²) >= 11 is 1.65. The average Bonchev–Trinajstić information content (AvgIpc) is 3.00. The summed E-state index contributed by atoms with van der Waals surface area (Å²) in [6.45, 7) is 2.97. The van der Waals surface area contributed by atoms with Crippen molar-refractivity contribution in [3.63, 3.8) is 0 Å². The molecule has 0 fully saturated rings. The Morgan fingerprint density at radius 2 is 1.81 bits per heavy atom. The van der Waals surface area contributed by atoms with E-state index < -0.39 is 0 Å². The highest BCUT2D eigenvalue weighted by molar-refractivity contribution is 7.10. The smallest absolute Gasteiger partial charge is 0.238 e. The molecule has 0 bridgehead atoms. The first-order chi connectivity index (χ1) is 12.4. The molecule has 6 nitrogen and oxygen atoms in total. The van der Waals surface area contributed by atoms with E-state index in [1.54, 1.807) is 66.6 Å². The molecule has 0 aliphatic carbocycles. The number of hydrogen-bond donors (Lipinski definition) is 1. The van der Waals surface area contributed by atoms with Crippen LogP contribution in [-0.4, -0.2) is 55.9 Å². The third kappa shape index (κ3) is 5.86. The Bertz CT molecular complexity index is 743. The normalized spacial score (nSPS) is 10.7. The zero-order valence-electron chi connectivity index (χ0n) is 15.6. The summed E-state index contributed by atoms with van der Waals surface area (Å²) < 4.78 is 5.09. The highest BCUT2D eigenvalue weighted by Gasteiger charge is 2.15. The van der Waals surface area contributed by atoms with E-state index in [4.69, 9.17) is 4.74 Å². The van der Waals surface area contributed by atoms with E-state index in [-0.39, 0.29) is 24.9 Å². The number of amides is 2. The first kappa shape index (κ1) is 19.9. The summed E-state index contributed by atoms with van der Waals surface area (Å²) in [6.07, 6.45) is 0. The number of likely N-dealkylation sites (N-methyl/N-ethyl adjacent to an activating group) is 2. The van der Waals surface area contributed by atoms with E-state index in [1.807, 2.05) is 18.4 Å². The fourth-order valence-electron chi connectivity index (χ4n) is 2.40. The molecule has 0 spiro atoms. The van der Waals surface area contributed by atoms with Crippen LogP contribution in [0.5, 0.6) is 5.75 Å². The van der Waals surface area contributed by atoms with Gasteiger partial charge in [0.1, 0.15) is 5.75 Å². The van der Waals surface area contributed by atoms with Crippen LogP contribution in [0.1, 0.15) is 10.4 Å². The highest BCUT2D eigenvalue weighted by Crippen LogP contribution is 2.17. The molecule has 1 heterocycles. The molecule has 2 aromatic rings. The van der Waals surface area contributed by atoms with Crippen LogP contribution in [0.3, 0.4) is 0 Å². The van der Waals surface area contributed by atoms with Crippen LogP contribution in [0, 0.1) is 6.92 Å². The Morgan fingerprint density at radius 1 is 1.12 bits per heavy atom. The van der Waals surface area contributed by atoms with Crippen molar-refractivity contribution in [3.8, 4) is 5.75 Å². The number of carbonyl (C=O) groups excluding carboxylic acids is 2. The van der Waals surface area contributed by atoms with Gasteiger partial charge in [0.25, 0.3) is 0 Å². The van der Waals surface area contributed by atoms with Crippen molar-refractivity contribution < 1.29 is 14.3 Å². The van der Waals surface area contributed by atoms with Gasteiger partial charge in [0, 0.05) is 17.6 Å². The van der Waals surface area contributed by atoms with Crippen molar-refractivity contribution in [2.24, 2.45) is 0 Å². The molecular formula is C19H25N3O3S. The quantitative estimate of drug-likeness (QED) is 0.770. The molecule has 1 aromatic carbocycles. The first-order valence-corrected chi connectivity index (χ1v) is 9.16. The number of benzene rings is 1. The van der Waals surface area contributed by atoms with E-state index in [2.05, 4.69) is 5.32 Å². The molecule has 7 heteroatoms. The topological polar surface area (TPSA) is 61.9 Å². The maximum absolute atomic E-state index is 12.3. The third-order valence-corrected chi connectivity index (χ3v) is 4.97. The fourth-order valence-corrected chi connectivity index (χ4v) is 3.36. The van der Waals surface area contributed by atoms with Gasteiger partial charge < -0.3 is 15.0 Å². The lowest BCUT2D eigenvalue weighted by molar-refractivity contribution is -0.131. The van der Waals surface area contributed by atoms with E-state index in [0.717, 1.165) is 5.75 Å². The van der Waals surface area contributed by atoms with Crippen molar-refractivity contribution in [2.45, 2.75) is 13.5 Å². The number of methoxy groups -OCH3 is 1. The molecule has 1 aromatic heterocycles. The predicted molar refractivity (Wildman–Crippen MR) is 105 cm³/mol. The maximum Gasteiger partial charge on any atom is 0.238 e. The number of anilines is 1. The summed E-state index contributed by atoms with van der Waals surface area (Å²) in [7, 11) is 5.14. The monoisotopic (exact) mass is 375 g/mol.